The number of nitrogens with zero attached hydrogens (tertiary/aromatic N) is 2. The highest BCUT2D eigenvalue weighted by atomic mass is 15.3. The van der Waals surface area contributed by atoms with Gasteiger partial charge in [0.15, 0.2) is 0 Å². The molecule has 12 heavy (non-hydrogen) atoms. The minimum atomic E-state index is 0.683. The fourth-order valence-electron chi connectivity index (χ4n) is 1.89. The molecule has 2 aliphatic rings. The topological polar surface area (TPSA) is 18.5 Å². The van der Waals surface area contributed by atoms with Crippen molar-refractivity contribution in [3.05, 3.63) is 11.4 Å². The minimum absolute atomic E-state index is 0.683. The van der Waals surface area contributed by atoms with Crippen LogP contribution in [0.25, 0.3) is 0 Å². The number of hydrogen-bond acceptors (Lipinski definition) is 3. The molecule has 0 spiro atoms. The molecule has 0 fully saturated rings. The molecule has 2 heterocycles. The SMILES string of the molecule is CC1CC2=C(CN1C)N(C)CN2. The molecule has 0 saturated carbocycles. The maximum Gasteiger partial charge on any atom is 0.0869 e. The van der Waals surface area contributed by atoms with Gasteiger partial charge in [-0.3, -0.25) is 4.90 Å². The Balaban J connectivity index is 2.20. The Morgan fingerprint density at radius 2 is 2.17 bits per heavy atom. The van der Waals surface area contributed by atoms with Crippen molar-refractivity contribution in [2.45, 2.75) is 19.4 Å². The van der Waals surface area contributed by atoms with E-state index in [1.165, 1.54) is 17.8 Å². The van der Waals surface area contributed by atoms with Gasteiger partial charge in [-0.15, -0.1) is 0 Å². The van der Waals surface area contributed by atoms with Crippen LogP contribution in [0.5, 0.6) is 0 Å². The molecular weight excluding hydrogens is 150 g/mol. The zero-order valence-electron chi connectivity index (χ0n) is 8.09. The average Bonchev–Trinajstić information content (AvgIpc) is 2.35. The van der Waals surface area contributed by atoms with Gasteiger partial charge in [-0.2, -0.15) is 0 Å². The van der Waals surface area contributed by atoms with Crippen molar-refractivity contribution >= 4 is 0 Å². The molecule has 0 saturated heterocycles. The van der Waals surface area contributed by atoms with Gasteiger partial charge < -0.3 is 10.2 Å². The molecule has 0 amide bonds. The molecule has 0 aromatic heterocycles. The lowest BCUT2D eigenvalue weighted by molar-refractivity contribution is 0.241. The molecular formula is C9H17N3. The lowest BCUT2D eigenvalue weighted by Gasteiger charge is -2.31. The van der Waals surface area contributed by atoms with E-state index in [2.05, 4.69) is 36.1 Å². The lowest BCUT2D eigenvalue weighted by atomic mass is 10.1. The Morgan fingerprint density at radius 1 is 1.42 bits per heavy atom. The largest absolute Gasteiger partial charge is 0.370 e. The second kappa shape index (κ2) is 2.66. The van der Waals surface area contributed by atoms with Gasteiger partial charge in [-0.25, -0.2) is 0 Å². The molecule has 0 aliphatic carbocycles. The van der Waals surface area contributed by atoms with Crippen LogP contribution < -0.4 is 5.32 Å². The summed E-state index contributed by atoms with van der Waals surface area (Å²) in [4.78, 5) is 4.71. The molecule has 68 valence electrons. The zero-order valence-corrected chi connectivity index (χ0v) is 8.09. The van der Waals surface area contributed by atoms with Gasteiger partial charge in [0.25, 0.3) is 0 Å². The zero-order chi connectivity index (χ0) is 8.72. The van der Waals surface area contributed by atoms with Crippen LogP contribution >= 0.6 is 0 Å². The Hall–Kier alpha value is -0.700. The first-order valence-corrected chi connectivity index (χ1v) is 4.55. The van der Waals surface area contributed by atoms with Gasteiger partial charge in [-0.05, 0) is 14.0 Å². The van der Waals surface area contributed by atoms with E-state index in [0.717, 1.165) is 13.2 Å². The van der Waals surface area contributed by atoms with Crippen molar-refractivity contribution in [1.29, 1.82) is 0 Å². The van der Waals surface area contributed by atoms with Crippen LogP contribution in [0.15, 0.2) is 11.4 Å². The standard InChI is InChI=1S/C9H17N3/c1-7-4-8-9(5-11(7)2)12(3)6-10-8/h7,10H,4-6H2,1-3H3. The summed E-state index contributed by atoms with van der Waals surface area (Å²) in [6, 6.07) is 0.683. The van der Waals surface area contributed by atoms with Crippen LogP contribution in [0.3, 0.4) is 0 Å². The molecule has 0 bridgehead atoms. The Morgan fingerprint density at radius 3 is 2.92 bits per heavy atom. The van der Waals surface area contributed by atoms with E-state index in [4.69, 9.17) is 0 Å². The first-order valence-electron chi connectivity index (χ1n) is 4.55. The summed E-state index contributed by atoms with van der Waals surface area (Å²) in [5, 5.41) is 3.44. The molecule has 1 N–H and O–H groups in total. The van der Waals surface area contributed by atoms with Crippen LogP contribution in [0, 0.1) is 0 Å². The fraction of sp³-hybridized carbons (Fsp3) is 0.778. The molecule has 0 aromatic carbocycles. The van der Waals surface area contributed by atoms with Crippen LogP contribution in [-0.4, -0.2) is 43.2 Å². The summed E-state index contributed by atoms with van der Waals surface area (Å²) in [7, 11) is 4.35. The highest BCUT2D eigenvalue weighted by Crippen LogP contribution is 2.24. The van der Waals surface area contributed by atoms with E-state index in [1.54, 1.807) is 0 Å². The molecule has 3 nitrogen and oxygen atoms in total. The summed E-state index contributed by atoms with van der Waals surface area (Å²) in [6.45, 7) is 4.37. The van der Waals surface area contributed by atoms with Crippen molar-refractivity contribution in [3.8, 4) is 0 Å². The highest BCUT2D eigenvalue weighted by molar-refractivity contribution is 5.21. The minimum Gasteiger partial charge on any atom is -0.370 e. The molecule has 1 unspecified atom stereocenters. The van der Waals surface area contributed by atoms with E-state index >= 15 is 0 Å². The van der Waals surface area contributed by atoms with Crippen LogP contribution in [-0.2, 0) is 0 Å². The van der Waals surface area contributed by atoms with E-state index < -0.39 is 0 Å². The van der Waals surface area contributed by atoms with Crippen molar-refractivity contribution in [2.75, 3.05) is 27.3 Å². The Bertz CT molecular complexity index is 222. The Labute approximate surface area is 74.0 Å². The molecule has 0 aromatic rings. The summed E-state index contributed by atoms with van der Waals surface area (Å²) >= 11 is 0. The Kier molecular flexibility index (Phi) is 1.76. The van der Waals surface area contributed by atoms with Crippen LogP contribution in [0.2, 0.25) is 0 Å². The number of hydrogen-bond donors (Lipinski definition) is 1. The van der Waals surface area contributed by atoms with Gasteiger partial charge in [-0.1, -0.05) is 0 Å². The molecule has 2 rings (SSSR count). The predicted octanol–water partition coefficient (Wildman–Crippen LogP) is 0.414. The maximum atomic E-state index is 3.44. The van der Waals surface area contributed by atoms with Gasteiger partial charge in [0.2, 0.25) is 0 Å². The van der Waals surface area contributed by atoms with E-state index in [-0.39, 0.29) is 0 Å². The first kappa shape index (κ1) is 7.92. The van der Waals surface area contributed by atoms with E-state index in [0.29, 0.717) is 6.04 Å². The fourth-order valence-corrected chi connectivity index (χ4v) is 1.89. The third kappa shape index (κ3) is 1.08. The van der Waals surface area contributed by atoms with Crippen molar-refractivity contribution in [3.63, 3.8) is 0 Å². The van der Waals surface area contributed by atoms with Gasteiger partial charge in [0.1, 0.15) is 0 Å². The third-order valence-corrected chi connectivity index (χ3v) is 2.99. The second-order valence-electron chi connectivity index (χ2n) is 3.93. The first-order chi connectivity index (χ1) is 5.68. The highest BCUT2D eigenvalue weighted by Gasteiger charge is 2.27. The predicted molar refractivity (Wildman–Crippen MR) is 49.5 cm³/mol. The van der Waals surface area contributed by atoms with E-state index in [1.807, 2.05) is 0 Å². The molecule has 1 atom stereocenters. The second-order valence-corrected chi connectivity index (χ2v) is 3.93. The summed E-state index contributed by atoms with van der Waals surface area (Å²) in [5.74, 6) is 0. The van der Waals surface area contributed by atoms with Crippen molar-refractivity contribution in [1.82, 2.24) is 15.1 Å². The summed E-state index contributed by atoms with van der Waals surface area (Å²) in [5.41, 5.74) is 2.94. The molecule has 2 aliphatic heterocycles. The smallest absolute Gasteiger partial charge is 0.0869 e. The summed E-state index contributed by atoms with van der Waals surface area (Å²) in [6.07, 6.45) is 1.18. The molecule has 0 radical (unpaired) electrons. The summed E-state index contributed by atoms with van der Waals surface area (Å²) < 4.78 is 0. The monoisotopic (exact) mass is 167 g/mol. The van der Waals surface area contributed by atoms with Gasteiger partial charge >= 0.3 is 0 Å². The van der Waals surface area contributed by atoms with E-state index in [9.17, 15) is 0 Å². The number of nitrogens with one attached hydrogen (secondary N) is 1. The normalized spacial score (nSPS) is 30.6. The quantitative estimate of drug-likeness (QED) is 0.564. The van der Waals surface area contributed by atoms with Gasteiger partial charge in [0, 0.05) is 37.4 Å². The van der Waals surface area contributed by atoms with Gasteiger partial charge in [0.05, 0.1) is 6.67 Å². The molecule has 3 heteroatoms. The number of likely N-dealkylation sites (N-methyl/N-ethyl adjacent to an activating group) is 2. The van der Waals surface area contributed by atoms with Crippen molar-refractivity contribution < 1.29 is 0 Å². The third-order valence-electron chi connectivity index (χ3n) is 2.99. The average molecular weight is 167 g/mol. The van der Waals surface area contributed by atoms with Crippen molar-refractivity contribution in [2.24, 2.45) is 0 Å². The maximum absolute atomic E-state index is 3.44. The van der Waals surface area contributed by atoms with Crippen LogP contribution in [0.1, 0.15) is 13.3 Å². The van der Waals surface area contributed by atoms with Crippen LogP contribution in [0.4, 0.5) is 0 Å². The lowest BCUT2D eigenvalue weighted by Crippen LogP contribution is -2.37. The number of rotatable bonds is 0.